The third-order valence-electron chi connectivity index (χ3n) is 6.07. The van der Waals surface area contributed by atoms with Crippen molar-refractivity contribution in [2.45, 2.75) is 128 Å². The monoisotopic (exact) mass is 525 g/mol. The lowest BCUT2D eigenvalue weighted by atomic mass is 10.1. The molecule has 0 aromatic heterocycles. The molecule has 0 bridgehead atoms. The first-order valence-electron chi connectivity index (χ1n) is 12.1. The van der Waals surface area contributed by atoms with E-state index in [-0.39, 0.29) is 12.4 Å². The van der Waals surface area contributed by atoms with Crippen LogP contribution in [0, 0.1) is 12.3 Å². The SMILES string of the molecule is C#CC[N+](CCCCCCCCCC)(CCCCCCCCCC)C(C)I.[Cl-]. The van der Waals surface area contributed by atoms with Gasteiger partial charge in [-0.3, -0.25) is 0 Å². The Morgan fingerprint density at radius 2 is 1.00 bits per heavy atom. The first-order valence-corrected chi connectivity index (χ1v) is 13.3. The molecule has 1 atom stereocenters. The third-order valence-corrected chi connectivity index (χ3v) is 7.26. The van der Waals surface area contributed by atoms with Crippen LogP contribution in [0.1, 0.15) is 124 Å². The van der Waals surface area contributed by atoms with Crippen molar-refractivity contribution in [1.29, 1.82) is 0 Å². The molecule has 0 saturated carbocycles. The molecule has 1 nitrogen and oxygen atoms in total. The molecule has 0 fully saturated rings. The van der Waals surface area contributed by atoms with Crippen LogP contribution in [0.3, 0.4) is 0 Å². The molecule has 0 spiro atoms. The summed E-state index contributed by atoms with van der Waals surface area (Å²) in [6.07, 6.45) is 28.1. The molecular weight excluding hydrogens is 477 g/mol. The predicted molar refractivity (Wildman–Crippen MR) is 132 cm³/mol. The van der Waals surface area contributed by atoms with Crippen LogP contribution in [-0.2, 0) is 0 Å². The molecule has 28 heavy (non-hydrogen) atoms. The highest BCUT2D eigenvalue weighted by atomic mass is 127. The standard InChI is InChI=1S/C25H49IN.ClH/c1-5-8-10-12-14-16-18-20-23-27(22-7-3,25(4)26)24-21-19-17-15-13-11-9-6-2;/h3,25H,5-6,8-24H2,1-2,4H3;1H/q+1;/p-1. The van der Waals surface area contributed by atoms with Crippen molar-refractivity contribution in [1.82, 2.24) is 0 Å². The van der Waals surface area contributed by atoms with E-state index in [9.17, 15) is 0 Å². The Labute approximate surface area is 198 Å². The van der Waals surface area contributed by atoms with Gasteiger partial charge >= 0.3 is 0 Å². The van der Waals surface area contributed by atoms with Crippen molar-refractivity contribution in [3.63, 3.8) is 0 Å². The molecular formula is C25H49ClIN. The Morgan fingerprint density at radius 1 is 0.679 bits per heavy atom. The summed E-state index contributed by atoms with van der Waals surface area (Å²) in [4.78, 5) is 0. The van der Waals surface area contributed by atoms with Gasteiger partial charge in [-0.05, 0) is 61.1 Å². The molecule has 168 valence electrons. The van der Waals surface area contributed by atoms with Gasteiger partial charge in [0, 0.05) is 0 Å². The quantitative estimate of drug-likeness (QED) is 0.0491. The number of nitrogens with zero attached hydrogens (tertiary/aromatic N) is 1. The van der Waals surface area contributed by atoms with Gasteiger partial charge in [-0.1, -0.05) is 90.9 Å². The van der Waals surface area contributed by atoms with Crippen LogP contribution >= 0.6 is 22.6 Å². The Balaban J connectivity index is 0. The minimum absolute atomic E-state index is 0. The van der Waals surface area contributed by atoms with Gasteiger partial charge in [0.05, 0.1) is 13.1 Å². The fourth-order valence-electron chi connectivity index (χ4n) is 4.05. The summed E-state index contributed by atoms with van der Waals surface area (Å²) in [6.45, 7) is 10.4. The van der Waals surface area contributed by atoms with Crippen molar-refractivity contribution in [3.8, 4) is 12.3 Å². The molecule has 0 N–H and O–H groups in total. The second kappa shape index (κ2) is 22.2. The van der Waals surface area contributed by atoms with Gasteiger partial charge < -0.3 is 16.9 Å². The summed E-state index contributed by atoms with van der Waals surface area (Å²) in [5, 5.41) is 0. The molecule has 0 heterocycles. The zero-order chi connectivity index (χ0) is 20.2. The minimum atomic E-state index is 0. The maximum Gasteiger partial charge on any atom is 0.141 e. The predicted octanol–water partition coefficient (Wildman–Crippen LogP) is 5.50. The Bertz CT molecular complexity index is 331. The number of hydrogen-bond acceptors (Lipinski definition) is 0. The largest absolute Gasteiger partial charge is 1.00 e. The second-order valence-electron chi connectivity index (χ2n) is 8.55. The van der Waals surface area contributed by atoms with Crippen LogP contribution < -0.4 is 12.4 Å². The van der Waals surface area contributed by atoms with Gasteiger partial charge in [0.25, 0.3) is 0 Å². The highest BCUT2D eigenvalue weighted by molar-refractivity contribution is 14.1. The lowest BCUT2D eigenvalue weighted by Gasteiger charge is -2.40. The molecule has 0 aliphatic rings. The fourth-order valence-corrected chi connectivity index (χ4v) is 4.81. The Kier molecular flexibility index (Phi) is 24.4. The van der Waals surface area contributed by atoms with Gasteiger partial charge in [0.1, 0.15) is 10.6 Å². The number of hydrogen-bond donors (Lipinski definition) is 0. The molecule has 0 aromatic rings. The maximum absolute atomic E-state index is 5.78. The molecule has 0 aliphatic carbocycles. The molecule has 0 saturated heterocycles. The number of unbranched alkanes of at least 4 members (excludes halogenated alkanes) is 14. The topological polar surface area (TPSA) is 0 Å². The van der Waals surface area contributed by atoms with Crippen LogP contribution in [0.2, 0.25) is 0 Å². The minimum Gasteiger partial charge on any atom is -1.00 e. The van der Waals surface area contributed by atoms with E-state index in [1.54, 1.807) is 0 Å². The highest BCUT2D eigenvalue weighted by Crippen LogP contribution is 2.23. The first kappa shape index (κ1) is 30.7. The summed E-state index contributed by atoms with van der Waals surface area (Å²) in [5.41, 5.74) is 0. The third kappa shape index (κ3) is 16.3. The summed E-state index contributed by atoms with van der Waals surface area (Å²) in [7, 11) is 0. The van der Waals surface area contributed by atoms with E-state index in [0.717, 1.165) is 11.0 Å². The molecule has 0 aliphatic heterocycles. The van der Waals surface area contributed by atoms with Gasteiger partial charge in [-0.2, -0.15) is 0 Å². The highest BCUT2D eigenvalue weighted by Gasteiger charge is 2.30. The fraction of sp³-hybridized carbons (Fsp3) is 0.920. The number of alkyl halides is 1. The molecule has 1 unspecified atom stereocenters. The van der Waals surface area contributed by atoms with Crippen molar-refractivity contribution in [3.05, 3.63) is 0 Å². The van der Waals surface area contributed by atoms with E-state index < -0.39 is 0 Å². The van der Waals surface area contributed by atoms with Crippen molar-refractivity contribution < 1.29 is 16.9 Å². The van der Waals surface area contributed by atoms with Crippen molar-refractivity contribution in [2.24, 2.45) is 0 Å². The zero-order valence-corrected chi connectivity index (χ0v) is 22.2. The van der Waals surface area contributed by atoms with Gasteiger partial charge in [0.15, 0.2) is 0 Å². The van der Waals surface area contributed by atoms with Crippen molar-refractivity contribution in [2.75, 3.05) is 19.6 Å². The first-order chi connectivity index (χ1) is 13.1. The summed E-state index contributed by atoms with van der Waals surface area (Å²) >= 11 is 2.62. The average Bonchev–Trinajstić information content (AvgIpc) is 2.65. The van der Waals surface area contributed by atoms with Crippen LogP contribution in [-0.4, -0.2) is 28.2 Å². The second-order valence-corrected chi connectivity index (χ2v) is 10.4. The maximum atomic E-state index is 5.78. The molecule has 0 amide bonds. The summed E-state index contributed by atoms with van der Waals surface area (Å²) in [5.74, 6) is 3.01. The Hall–Kier alpha value is 0.540. The lowest BCUT2D eigenvalue weighted by molar-refractivity contribution is -0.926. The van der Waals surface area contributed by atoms with Gasteiger partial charge in [-0.25, -0.2) is 0 Å². The van der Waals surface area contributed by atoms with Crippen LogP contribution in [0.15, 0.2) is 0 Å². The van der Waals surface area contributed by atoms with Gasteiger partial charge in [-0.15, -0.1) is 6.42 Å². The van der Waals surface area contributed by atoms with E-state index in [4.69, 9.17) is 6.42 Å². The van der Waals surface area contributed by atoms with Crippen LogP contribution in [0.4, 0.5) is 0 Å². The van der Waals surface area contributed by atoms with Crippen LogP contribution in [0.5, 0.6) is 0 Å². The number of halogens is 2. The molecule has 0 rings (SSSR count). The molecule has 3 heteroatoms. The molecule has 0 aromatic carbocycles. The number of rotatable bonds is 20. The van der Waals surface area contributed by atoms with E-state index in [2.05, 4.69) is 49.3 Å². The number of terminal acetylenes is 1. The number of quaternary nitrogens is 1. The molecule has 0 radical (unpaired) electrons. The average molecular weight is 526 g/mol. The zero-order valence-electron chi connectivity index (χ0n) is 19.3. The van der Waals surface area contributed by atoms with Crippen LogP contribution in [0.25, 0.3) is 0 Å². The lowest BCUT2D eigenvalue weighted by Crippen LogP contribution is -3.00. The summed E-state index contributed by atoms with van der Waals surface area (Å²) < 4.78 is 1.76. The van der Waals surface area contributed by atoms with Crippen molar-refractivity contribution >= 4 is 22.6 Å². The van der Waals surface area contributed by atoms with E-state index in [1.807, 2.05) is 0 Å². The smallest absolute Gasteiger partial charge is 0.141 e. The Morgan fingerprint density at radius 3 is 1.29 bits per heavy atom. The van der Waals surface area contributed by atoms with E-state index in [0.29, 0.717) is 4.05 Å². The van der Waals surface area contributed by atoms with E-state index >= 15 is 0 Å². The van der Waals surface area contributed by atoms with E-state index in [1.165, 1.54) is 116 Å². The van der Waals surface area contributed by atoms with Gasteiger partial charge in [0.2, 0.25) is 0 Å². The normalized spacial score (nSPS) is 12.4. The summed E-state index contributed by atoms with van der Waals surface area (Å²) in [6, 6.07) is 0.